The first-order valence-corrected chi connectivity index (χ1v) is 5.22. The van der Waals surface area contributed by atoms with Crippen molar-refractivity contribution >= 4 is 34.8 Å². The smallest absolute Gasteiger partial charge is 0.191 e. The van der Waals surface area contributed by atoms with Crippen LogP contribution < -0.4 is 0 Å². The number of hydrogen-bond acceptors (Lipinski definition) is 1. The zero-order chi connectivity index (χ0) is 9.35. The second-order valence-electron chi connectivity index (χ2n) is 3.60. The highest BCUT2D eigenvalue weighted by atomic mass is 35.6. The van der Waals surface area contributed by atoms with Gasteiger partial charge in [0.25, 0.3) is 0 Å². The molecule has 1 aliphatic rings. The second kappa shape index (κ2) is 3.91. The number of hydrogen-bond donors (Lipinski definition) is 0. The lowest BCUT2D eigenvalue weighted by molar-refractivity contribution is 0.260. The molecule has 1 aliphatic heterocycles. The molecular formula is C8H13Cl3O. The van der Waals surface area contributed by atoms with E-state index in [4.69, 9.17) is 39.5 Å². The number of epoxide rings is 1. The summed E-state index contributed by atoms with van der Waals surface area (Å²) >= 11 is 17.2. The molecule has 1 fully saturated rings. The fourth-order valence-corrected chi connectivity index (χ4v) is 1.90. The molecule has 0 aliphatic carbocycles. The van der Waals surface area contributed by atoms with Gasteiger partial charge in [-0.1, -0.05) is 48.7 Å². The minimum Gasteiger partial charge on any atom is -0.373 e. The summed E-state index contributed by atoms with van der Waals surface area (Å²) in [6, 6.07) is 0. The van der Waals surface area contributed by atoms with Crippen molar-refractivity contribution in [1.82, 2.24) is 0 Å². The molecule has 4 heteroatoms. The van der Waals surface area contributed by atoms with Crippen molar-refractivity contribution in [2.75, 3.05) is 6.61 Å². The third-order valence-electron chi connectivity index (χ3n) is 2.16. The lowest BCUT2D eigenvalue weighted by Crippen LogP contribution is -2.21. The van der Waals surface area contributed by atoms with E-state index < -0.39 is 3.79 Å². The van der Waals surface area contributed by atoms with Crippen molar-refractivity contribution in [3.63, 3.8) is 0 Å². The van der Waals surface area contributed by atoms with Crippen molar-refractivity contribution in [2.24, 2.45) is 11.8 Å². The van der Waals surface area contributed by atoms with Crippen LogP contribution in [0.25, 0.3) is 0 Å². The lowest BCUT2D eigenvalue weighted by atomic mass is 9.90. The minimum atomic E-state index is -1.14. The standard InChI is InChI=1S/C8H13Cl3O/c1-5(2)6(7-4-12-7)3-8(9,10)11/h5-7H,3-4H2,1-2H3. The topological polar surface area (TPSA) is 12.5 Å². The first kappa shape index (κ1) is 10.9. The number of halogens is 3. The van der Waals surface area contributed by atoms with Crippen LogP contribution in [0.15, 0.2) is 0 Å². The minimum absolute atomic E-state index is 0.320. The van der Waals surface area contributed by atoms with E-state index in [9.17, 15) is 0 Å². The van der Waals surface area contributed by atoms with Crippen LogP contribution in [-0.2, 0) is 4.74 Å². The Balaban J connectivity index is 2.43. The predicted octanol–water partition coefficient (Wildman–Crippen LogP) is 3.42. The average Bonchev–Trinajstić information content (AvgIpc) is 2.61. The molecule has 72 valence electrons. The Morgan fingerprint density at radius 2 is 1.92 bits per heavy atom. The van der Waals surface area contributed by atoms with E-state index in [0.717, 1.165) is 6.61 Å². The van der Waals surface area contributed by atoms with Crippen molar-refractivity contribution in [3.8, 4) is 0 Å². The summed E-state index contributed by atoms with van der Waals surface area (Å²) in [6.07, 6.45) is 0.903. The van der Waals surface area contributed by atoms with Crippen LogP contribution in [0.3, 0.4) is 0 Å². The van der Waals surface area contributed by atoms with Gasteiger partial charge >= 0.3 is 0 Å². The molecule has 1 nitrogen and oxygen atoms in total. The van der Waals surface area contributed by atoms with Crippen LogP contribution in [0.1, 0.15) is 20.3 Å². The van der Waals surface area contributed by atoms with Gasteiger partial charge in [-0.05, 0) is 11.8 Å². The van der Waals surface area contributed by atoms with Crippen molar-refractivity contribution in [1.29, 1.82) is 0 Å². The van der Waals surface area contributed by atoms with E-state index in [2.05, 4.69) is 13.8 Å². The molecule has 2 unspecified atom stereocenters. The summed E-state index contributed by atoms with van der Waals surface area (Å²) in [5, 5.41) is 0. The van der Waals surface area contributed by atoms with Gasteiger partial charge in [-0.3, -0.25) is 0 Å². The number of alkyl halides is 3. The Morgan fingerprint density at radius 3 is 2.17 bits per heavy atom. The van der Waals surface area contributed by atoms with Gasteiger partial charge in [0.1, 0.15) is 0 Å². The molecular weight excluding hydrogens is 218 g/mol. The summed E-state index contributed by atoms with van der Waals surface area (Å²) in [4.78, 5) is 0. The summed E-state index contributed by atoms with van der Waals surface area (Å²) in [6.45, 7) is 5.08. The molecule has 1 rings (SSSR count). The largest absolute Gasteiger partial charge is 0.373 e. The maximum absolute atomic E-state index is 5.72. The van der Waals surface area contributed by atoms with Gasteiger partial charge in [-0.25, -0.2) is 0 Å². The molecule has 0 bridgehead atoms. The van der Waals surface area contributed by atoms with E-state index in [1.54, 1.807) is 0 Å². The summed E-state index contributed by atoms with van der Waals surface area (Å²) in [7, 11) is 0. The van der Waals surface area contributed by atoms with Crippen LogP contribution in [0.4, 0.5) is 0 Å². The van der Waals surface area contributed by atoms with Gasteiger partial charge in [-0.15, -0.1) is 0 Å². The molecule has 0 aromatic carbocycles. The highest BCUT2D eigenvalue weighted by Crippen LogP contribution is 2.40. The second-order valence-corrected chi connectivity index (χ2v) is 6.12. The zero-order valence-corrected chi connectivity index (χ0v) is 9.46. The van der Waals surface area contributed by atoms with Gasteiger partial charge in [-0.2, -0.15) is 0 Å². The molecule has 12 heavy (non-hydrogen) atoms. The maximum atomic E-state index is 5.72. The monoisotopic (exact) mass is 230 g/mol. The van der Waals surface area contributed by atoms with E-state index in [1.807, 2.05) is 0 Å². The zero-order valence-electron chi connectivity index (χ0n) is 7.19. The number of rotatable bonds is 3. The molecule has 0 N–H and O–H groups in total. The molecule has 0 radical (unpaired) electrons. The van der Waals surface area contributed by atoms with Gasteiger partial charge < -0.3 is 4.74 Å². The lowest BCUT2D eigenvalue weighted by Gasteiger charge is -2.22. The normalized spacial score (nSPS) is 26.0. The summed E-state index contributed by atoms with van der Waals surface area (Å²) in [5.41, 5.74) is 0. The molecule has 0 aromatic heterocycles. The molecule has 0 spiro atoms. The quantitative estimate of drug-likeness (QED) is 0.536. The van der Waals surface area contributed by atoms with Gasteiger partial charge in [0, 0.05) is 6.42 Å². The van der Waals surface area contributed by atoms with E-state index >= 15 is 0 Å². The summed E-state index contributed by atoms with van der Waals surface area (Å²) < 4.78 is 4.06. The molecule has 2 atom stereocenters. The highest BCUT2D eigenvalue weighted by Gasteiger charge is 2.39. The van der Waals surface area contributed by atoms with Crippen molar-refractivity contribution < 1.29 is 4.74 Å². The van der Waals surface area contributed by atoms with E-state index in [0.29, 0.717) is 24.4 Å². The van der Waals surface area contributed by atoms with Crippen LogP contribution in [0.5, 0.6) is 0 Å². The van der Waals surface area contributed by atoms with Crippen LogP contribution in [0.2, 0.25) is 0 Å². The van der Waals surface area contributed by atoms with Crippen molar-refractivity contribution in [2.45, 2.75) is 30.2 Å². The third kappa shape index (κ3) is 3.69. The molecule has 0 aromatic rings. The van der Waals surface area contributed by atoms with Crippen LogP contribution in [0, 0.1) is 11.8 Å². The van der Waals surface area contributed by atoms with E-state index in [1.165, 1.54) is 0 Å². The molecule has 1 saturated heterocycles. The van der Waals surface area contributed by atoms with E-state index in [-0.39, 0.29) is 0 Å². The van der Waals surface area contributed by atoms with Crippen LogP contribution in [-0.4, -0.2) is 16.5 Å². The number of ether oxygens (including phenoxy) is 1. The van der Waals surface area contributed by atoms with Crippen molar-refractivity contribution in [3.05, 3.63) is 0 Å². The SMILES string of the molecule is CC(C)C(CC(Cl)(Cl)Cl)C1CO1. The fourth-order valence-electron chi connectivity index (χ4n) is 1.37. The molecule has 1 heterocycles. The van der Waals surface area contributed by atoms with Gasteiger partial charge in [0.05, 0.1) is 12.7 Å². The highest BCUT2D eigenvalue weighted by molar-refractivity contribution is 6.67. The maximum Gasteiger partial charge on any atom is 0.191 e. The van der Waals surface area contributed by atoms with Gasteiger partial charge in [0.2, 0.25) is 0 Å². The fraction of sp³-hybridized carbons (Fsp3) is 1.00. The average molecular weight is 232 g/mol. The predicted molar refractivity (Wildman–Crippen MR) is 53.0 cm³/mol. The Hall–Kier alpha value is 0.830. The Morgan fingerprint density at radius 1 is 1.42 bits per heavy atom. The Bertz CT molecular complexity index is 147. The van der Waals surface area contributed by atoms with Crippen LogP contribution >= 0.6 is 34.8 Å². The Kier molecular flexibility index (Phi) is 3.56. The first-order chi connectivity index (χ1) is 5.40. The molecule has 0 saturated carbocycles. The molecule has 0 amide bonds. The summed E-state index contributed by atoms with van der Waals surface area (Å²) in [5.74, 6) is 0.880. The van der Waals surface area contributed by atoms with Gasteiger partial charge in [0.15, 0.2) is 3.79 Å². The first-order valence-electron chi connectivity index (χ1n) is 4.08. The third-order valence-corrected chi connectivity index (χ3v) is 2.62. The Labute approximate surface area is 88.3 Å².